The SMILES string of the molecule is N#CC(COC(=O)CCn1cnc2ccccc2c1=O)Cc1cccs1. The first-order valence-corrected chi connectivity index (χ1v) is 9.07. The van der Waals surface area contributed by atoms with Crippen LogP contribution in [0.4, 0.5) is 0 Å². The van der Waals surface area contributed by atoms with E-state index in [1.807, 2.05) is 23.6 Å². The molecule has 0 saturated carbocycles. The van der Waals surface area contributed by atoms with Crippen molar-refractivity contribution in [3.8, 4) is 6.07 Å². The fourth-order valence-corrected chi connectivity index (χ4v) is 3.34. The Morgan fingerprint density at radius 2 is 2.15 bits per heavy atom. The third-order valence-electron chi connectivity index (χ3n) is 3.94. The zero-order valence-electron chi connectivity index (χ0n) is 14.0. The lowest BCUT2D eigenvalue weighted by molar-refractivity contribution is -0.144. The van der Waals surface area contributed by atoms with Gasteiger partial charge in [-0.05, 0) is 23.6 Å². The summed E-state index contributed by atoms with van der Waals surface area (Å²) in [5, 5.41) is 11.7. The smallest absolute Gasteiger partial charge is 0.307 e. The van der Waals surface area contributed by atoms with E-state index >= 15 is 0 Å². The molecule has 0 amide bonds. The summed E-state index contributed by atoms with van der Waals surface area (Å²) < 4.78 is 6.60. The van der Waals surface area contributed by atoms with Gasteiger partial charge in [-0.15, -0.1) is 11.3 Å². The summed E-state index contributed by atoms with van der Waals surface area (Å²) >= 11 is 1.57. The van der Waals surface area contributed by atoms with E-state index in [1.54, 1.807) is 29.5 Å². The van der Waals surface area contributed by atoms with Crippen LogP contribution >= 0.6 is 11.3 Å². The van der Waals surface area contributed by atoms with Gasteiger partial charge in [0.2, 0.25) is 0 Å². The fraction of sp³-hybridized carbons (Fsp3) is 0.263. The molecule has 7 heteroatoms. The van der Waals surface area contributed by atoms with Crippen LogP contribution < -0.4 is 5.56 Å². The Hall–Kier alpha value is -2.98. The van der Waals surface area contributed by atoms with Crippen molar-refractivity contribution in [2.45, 2.75) is 19.4 Å². The van der Waals surface area contributed by atoms with Gasteiger partial charge in [0, 0.05) is 17.8 Å². The number of nitriles is 1. The molecule has 0 bridgehead atoms. The second-order valence-corrected chi connectivity index (χ2v) is 6.84. The van der Waals surface area contributed by atoms with Crippen molar-refractivity contribution in [3.05, 3.63) is 63.3 Å². The Labute approximate surface area is 154 Å². The van der Waals surface area contributed by atoms with Gasteiger partial charge >= 0.3 is 5.97 Å². The van der Waals surface area contributed by atoms with Crippen LogP contribution in [-0.2, 0) is 22.5 Å². The van der Waals surface area contributed by atoms with E-state index < -0.39 is 5.97 Å². The van der Waals surface area contributed by atoms with Gasteiger partial charge in [-0.25, -0.2) is 4.98 Å². The lowest BCUT2D eigenvalue weighted by Gasteiger charge is -2.10. The van der Waals surface area contributed by atoms with Crippen molar-refractivity contribution in [2.75, 3.05) is 6.61 Å². The number of hydrogen-bond donors (Lipinski definition) is 0. The summed E-state index contributed by atoms with van der Waals surface area (Å²) in [6.07, 6.45) is 2.05. The van der Waals surface area contributed by atoms with Gasteiger partial charge in [-0.2, -0.15) is 5.26 Å². The summed E-state index contributed by atoms with van der Waals surface area (Å²) in [7, 11) is 0. The Bertz CT molecular complexity index is 989. The lowest BCUT2D eigenvalue weighted by Crippen LogP contribution is -2.23. The normalized spacial score (nSPS) is 11.8. The van der Waals surface area contributed by atoms with Crippen LogP contribution in [0, 0.1) is 17.2 Å². The number of fused-ring (bicyclic) bond motifs is 1. The molecule has 0 aliphatic heterocycles. The topological polar surface area (TPSA) is 85.0 Å². The van der Waals surface area contributed by atoms with E-state index in [9.17, 15) is 14.9 Å². The third-order valence-corrected chi connectivity index (χ3v) is 4.84. The molecule has 132 valence electrons. The average molecular weight is 367 g/mol. The number of esters is 1. The van der Waals surface area contributed by atoms with Gasteiger partial charge in [-0.3, -0.25) is 14.2 Å². The van der Waals surface area contributed by atoms with E-state index in [-0.39, 0.29) is 31.0 Å². The number of ether oxygens (including phenoxy) is 1. The number of rotatable bonds is 7. The Morgan fingerprint density at radius 1 is 1.31 bits per heavy atom. The number of nitrogens with zero attached hydrogens (tertiary/aromatic N) is 3. The van der Waals surface area contributed by atoms with Crippen molar-refractivity contribution in [1.29, 1.82) is 5.26 Å². The highest BCUT2D eigenvalue weighted by atomic mass is 32.1. The van der Waals surface area contributed by atoms with Crippen LogP contribution in [0.2, 0.25) is 0 Å². The molecular formula is C19H17N3O3S. The van der Waals surface area contributed by atoms with Crippen LogP contribution in [0.3, 0.4) is 0 Å². The maximum Gasteiger partial charge on any atom is 0.307 e. The van der Waals surface area contributed by atoms with Gasteiger partial charge in [0.05, 0.1) is 35.6 Å². The van der Waals surface area contributed by atoms with Crippen LogP contribution in [0.5, 0.6) is 0 Å². The summed E-state index contributed by atoms with van der Waals surface area (Å²) in [5.74, 6) is -0.806. The van der Waals surface area contributed by atoms with Crippen LogP contribution in [0.1, 0.15) is 11.3 Å². The molecule has 0 spiro atoms. The molecule has 0 aliphatic rings. The number of benzene rings is 1. The number of thiophene rings is 1. The lowest BCUT2D eigenvalue weighted by atomic mass is 10.1. The third kappa shape index (κ3) is 4.35. The predicted octanol–water partition coefficient (Wildman–Crippen LogP) is 2.77. The Morgan fingerprint density at radius 3 is 2.92 bits per heavy atom. The minimum absolute atomic E-state index is 0.0527. The summed E-state index contributed by atoms with van der Waals surface area (Å²) in [5.41, 5.74) is 0.442. The Kier molecular flexibility index (Phi) is 5.77. The molecule has 0 radical (unpaired) electrons. The van der Waals surface area contributed by atoms with Gasteiger partial charge in [-0.1, -0.05) is 18.2 Å². The van der Waals surface area contributed by atoms with Gasteiger partial charge in [0.1, 0.15) is 6.61 Å². The van der Waals surface area contributed by atoms with Gasteiger partial charge in [0.25, 0.3) is 5.56 Å². The predicted molar refractivity (Wildman–Crippen MR) is 98.7 cm³/mol. The highest BCUT2D eigenvalue weighted by Crippen LogP contribution is 2.14. The van der Waals surface area contributed by atoms with E-state index in [0.29, 0.717) is 17.3 Å². The Balaban J connectivity index is 1.53. The number of para-hydroxylation sites is 1. The quantitative estimate of drug-likeness (QED) is 0.600. The second kappa shape index (κ2) is 8.41. The number of carbonyl (C=O) groups is 1. The number of aromatic nitrogens is 2. The largest absolute Gasteiger partial charge is 0.464 e. The number of aryl methyl sites for hydroxylation is 1. The molecule has 1 unspecified atom stereocenters. The minimum atomic E-state index is -0.434. The van der Waals surface area contributed by atoms with Crippen molar-refractivity contribution >= 4 is 28.2 Å². The minimum Gasteiger partial charge on any atom is -0.464 e. The summed E-state index contributed by atoms with van der Waals surface area (Å²) in [6.45, 7) is 0.246. The number of carbonyl (C=O) groups excluding carboxylic acids is 1. The molecule has 6 nitrogen and oxygen atoms in total. The zero-order chi connectivity index (χ0) is 18.4. The molecule has 0 fully saturated rings. The molecule has 0 N–H and O–H groups in total. The van der Waals surface area contributed by atoms with Gasteiger partial charge < -0.3 is 4.74 Å². The molecule has 1 atom stereocenters. The van der Waals surface area contributed by atoms with Crippen LogP contribution in [0.25, 0.3) is 10.9 Å². The monoisotopic (exact) mass is 367 g/mol. The molecule has 26 heavy (non-hydrogen) atoms. The first-order valence-electron chi connectivity index (χ1n) is 8.19. The number of hydrogen-bond acceptors (Lipinski definition) is 6. The molecule has 3 aromatic rings. The highest BCUT2D eigenvalue weighted by Gasteiger charge is 2.13. The van der Waals surface area contributed by atoms with Crippen molar-refractivity contribution in [3.63, 3.8) is 0 Å². The maximum atomic E-state index is 12.4. The molecule has 2 aromatic heterocycles. The first-order chi connectivity index (χ1) is 12.7. The van der Waals surface area contributed by atoms with E-state index in [1.165, 1.54) is 10.9 Å². The van der Waals surface area contributed by atoms with E-state index in [0.717, 1.165) is 4.88 Å². The highest BCUT2D eigenvalue weighted by molar-refractivity contribution is 7.09. The molecule has 2 heterocycles. The van der Waals surface area contributed by atoms with Crippen molar-refractivity contribution < 1.29 is 9.53 Å². The summed E-state index contributed by atoms with van der Waals surface area (Å²) in [6, 6.07) is 13.1. The molecule has 0 aliphatic carbocycles. The summed E-state index contributed by atoms with van der Waals surface area (Å²) in [4.78, 5) is 29.6. The standard InChI is InChI=1S/C19H17N3O3S/c20-11-14(10-15-4-3-9-26-15)12-25-18(23)7-8-22-13-21-17-6-2-1-5-16(17)19(22)24/h1-6,9,13-14H,7-8,10,12H2. The fourth-order valence-electron chi connectivity index (χ4n) is 2.56. The first kappa shape index (κ1) is 17.8. The molecule has 1 aromatic carbocycles. The molecule has 0 saturated heterocycles. The van der Waals surface area contributed by atoms with E-state index in [4.69, 9.17) is 4.74 Å². The zero-order valence-corrected chi connectivity index (χ0v) is 14.8. The van der Waals surface area contributed by atoms with Crippen molar-refractivity contribution in [2.24, 2.45) is 5.92 Å². The molecular weight excluding hydrogens is 350 g/mol. The average Bonchev–Trinajstić information content (AvgIpc) is 3.18. The van der Waals surface area contributed by atoms with Gasteiger partial charge in [0.15, 0.2) is 0 Å². The van der Waals surface area contributed by atoms with Crippen molar-refractivity contribution in [1.82, 2.24) is 9.55 Å². The van der Waals surface area contributed by atoms with E-state index in [2.05, 4.69) is 11.1 Å². The van der Waals surface area contributed by atoms with Crippen LogP contribution in [-0.4, -0.2) is 22.1 Å². The molecule has 3 rings (SSSR count). The second-order valence-electron chi connectivity index (χ2n) is 5.80. The van der Waals surface area contributed by atoms with Crippen LogP contribution in [0.15, 0.2) is 52.9 Å². The maximum absolute atomic E-state index is 12.4.